The van der Waals surface area contributed by atoms with Crippen LogP contribution in [0.3, 0.4) is 0 Å². The monoisotopic (exact) mass is 676 g/mol. The molecule has 4 aliphatic rings. The van der Waals surface area contributed by atoms with Gasteiger partial charge in [-0.25, -0.2) is 0 Å². The lowest BCUT2D eigenvalue weighted by Crippen LogP contribution is -2.57. The smallest absolute Gasteiger partial charge is 0.380 e. The zero-order chi connectivity index (χ0) is 30.8. The summed E-state index contributed by atoms with van der Waals surface area (Å²) in [7, 11) is -0.0639. The minimum Gasteiger partial charge on any atom is -0.380 e. The van der Waals surface area contributed by atoms with Gasteiger partial charge < -0.3 is 37.0 Å². The minimum absolute atomic E-state index is 0.0567. The molecule has 0 aromatic rings. The number of ether oxygens (including phenoxy) is 5. The zero-order valence-corrected chi connectivity index (χ0v) is 35.4. The van der Waals surface area contributed by atoms with Crippen LogP contribution in [0.4, 0.5) is 0 Å². The van der Waals surface area contributed by atoms with Gasteiger partial charge in [0.2, 0.25) is 0 Å². The molecule has 0 aliphatic carbocycles. The van der Waals surface area contributed by atoms with Crippen LogP contribution >= 0.6 is 0 Å². The van der Waals surface area contributed by atoms with Gasteiger partial charge in [-0.2, -0.15) is 0 Å². The van der Waals surface area contributed by atoms with Gasteiger partial charge in [0.15, 0.2) is 0 Å². The summed E-state index contributed by atoms with van der Waals surface area (Å²) in [5, 5.41) is -0.162. The van der Waals surface area contributed by atoms with Crippen LogP contribution in [-0.2, 0) is 37.0 Å². The molecule has 252 valence electrons. The van der Waals surface area contributed by atoms with Crippen molar-refractivity contribution in [1.29, 1.82) is 0 Å². The highest BCUT2D eigenvalue weighted by atomic mass is 28.4. The predicted molar refractivity (Wildman–Crippen MR) is 183 cm³/mol. The number of rotatable bonds is 19. The lowest BCUT2D eigenvalue weighted by atomic mass is 9.82. The van der Waals surface area contributed by atoms with Crippen LogP contribution in [0.5, 0.6) is 0 Å². The van der Waals surface area contributed by atoms with Crippen LogP contribution in [0.1, 0.15) is 104 Å². The molecule has 8 nitrogen and oxygen atoms in total. The maximum atomic E-state index is 6.94. The second-order valence-electron chi connectivity index (χ2n) is 14.1. The first-order valence-electron chi connectivity index (χ1n) is 17.8. The Kier molecular flexibility index (Phi) is 14.5. The van der Waals surface area contributed by atoms with Gasteiger partial charge >= 0.3 is 8.80 Å². The fourth-order valence-corrected chi connectivity index (χ4v) is 14.7. The molecule has 43 heavy (non-hydrogen) atoms. The van der Waals surface area contributed by atoms with Gasteiger partial charge in [-0.05, 0) is 104 Å². The van der Waals surface area contributed by atoms with Crippen molar-refractivity contribution in [2.45, 2.75) is 138 Å². The topological polar surface area (TPSA) is 77.1 Å². The van der Waals surface area contributed by atoms with E-state index in [1.807, 2.05) is 0 Å². The van der Waals surface area contributed by atoms with Crippen LogP contribution < -0.4 is 0 Å². The molecule has 0 saturated carbocycles. The second kappa shape index (κ2) is 17.1. The summed E-state index contributed by atoms with van der Waals surface area (Å²) in [5.41, 5.74) is 0.128. The molecule has 4 aliphatic heterocycles. The fourth-order valence-electron chi connectivity index (χ4n) is 7.89. The van der Waals surface area contributed by atoms with Gasteiger partial charge in [-0.1, -0.05) is 0 Å². The zero-order valence-electron chi connectivity index (χ0n) is 28.4. The van der Waals surface area contributed by atoms with Gasteiger partial charge in [0.25, 0.3) is 0 Å². The average molecular weight is 677 g/mol. The van der Waals surface area contributed by atoms with Crippen molar-refractivity contribution >= 4 is 39.5 Å². The quantitative estimate of drug-likeness (QED) is 0.152. The van der Waals surface area contributed by atoms with Crippen molar-refractivity contribution in [3.63, 3.8) is 0 Å². The highest BCUT2D eigenvalue weighted by molar-refractivity contribution is 6.62. The van der Waals surface area contributed by atoms with E-state index in [0.29, 0.717) is 26.4 Å². The van der Waals surface area contributed by atoms with E-state index in [4.69, 9.17) is 37.0 Å². The molecule has 0 spiro atoms. The van der Waals surface area contributed by atoms with Crippen molar-refractivity contribution in [2.24, 2.45) is 5.92 Å². The first-order valence-corrected chi connectivity index (χ1v) is 22.6. The number of hydrogen-bond acceptors (Lipinski definition) is 8. The third-order valence-corrected chi connectivity index (χ3v) is 18.0. The normalized spacial score (nSPS) is 34.3. The Labute approximate surface area is 272 Å². The summed E-state index contributed by atoms with van der Waals surface area (Å²) in [6.45, 7) is 12.1. The minimum atomic E-state index is -3.06. The van der Waals surface area contributed by atoms with Crippen LogP contribution in [0.15, 0.2) is 0 Å². The molecule has 0 aromatic carbocycles. The van der Waals surface area contributed by atoms with Crippen molar-refractivity contribution in [3.8, 4) is 0 Å². The van der Waals surface area contributed by atoms with E-state index >= 15 is 0 Å². The van der Waals surface area contributed by atoms with E-state index in [1.165, 1.54) is 32.1 Å². The van der Waals surface area contributed by atoms with Crippen LogP contribution in [-0.4, -0.2) is 120 Å². The van der Waals surface area contributed by atoms with Crippen molar-refractivity contribution in [2.75, 3.05) is 52.9 Å². The van der Waals surface area contributed by atoms with Gasteiger partial charge in [-0.3, -0.25) is 0 Å². The molecule has 4 rings (SSSR count). The van der Waals surface area contributed by atoms with E-state index < -0.39 is 8.80 Å². The summed E-state index contributed by atoms with van der Waals surface area (Å²) < 4.78 is 52.5. The molecule has 0 bridgehead atoms. The maximum Gasteiger partial charge on any atom is 0.504 e. The second-order valence-corrected chi connectivity index (χ2v) is 22.4. The molecular formula is C31H64O8Si4. The van der Waals surface area contributed by atoms with Gasteiger partial charge in [-0.15, -0.1) is 0 Å². The highest BCUT2D eigenvalue weighted by Gasteiger charge is 2.55. The lowest BCUT2D eigenvalue weighted by molar-refractivity contribution is -0.122. The summed E-state index contributed by atoms with van der Waals surface area (Å²) >= 11 is 0. The molecule has 7 atom stereocenters. The summed E-state index contributed by atoms with van der Waals surface area (Å²) in [5.74, 6) is 0.235. The van der Waals surface area contributed by atoms with E-state index in [0.717, 1.165) is 109 Å². The first kappa shape index (κ1) is 36.4. The fraction of sp³-hybridized carbons (Fsp3) is 1.00. The number of hydrogen-bond donors (Lipinski definition) is 0. The number of epoxide rings is 1. The molecule has 4 saturated heterocycles. The van der Waals surface area contributed by atoms with Crippen molar-refractivity contribution in [1.82, 2.24) is 0 Å². The molecule has 12 heteroatoms. The third kappa shape index (κ3) is 10.5. The van der Waals surface area contributed by atoms with E-state index in [2.05, 4.69) is 20.8 Å². The third-order valence-electron chi connectivity index (χ3n) is 10.4. The standard InChI is InChI=1S/C31H64O8Si4/c1-4-37-43(38-5-2,39-6-3)26(22-30(41)15-8-11-19-35-30)21-27(31(42)16-9-12-20-36-31)28(33-24-25-23-32-25)13-17-29(40)14-7-10-18-34-29/h25-28H,4-24H2,1-3,40-42H3. The van der Waals surface area contributed by atoms with Crippen LogP contribution in [0.2, 0.25) is 5.54 Å². The predicted octanol–water partition coefficient (Wildman–Crippen LogP) is 2.15. The molecular weight excluding hydrogens is 613 g/mol. The highest BCUT2D eigenvalue weighted by Crippen LogP contribution is 2.47. The van der Waals surface area contributed by atoms with Gasteiger partial charge in [0, 0.05) is 92.3 Å². The molecule has 0 aromatic heterocycles. The molecule has 0 amide bonds. The van der Waals surface area contributed by atoms with Crippen molar-refractivity contribution in [3.05, 3.63) is 0 Å². The summed E-state index contributed by atoms with van der Waals surface area (Å²) in [6, 6.07) is 0. The molecule has 7 unspecified atom stereocenters. The molecule has 0 radical (unpaired) electrons. The average Bonchev–Trinajstić information content (AvgIpc) is 3.82. The Morgan fingerprint density at radius 1 is 0.767 bits per heavy atom. The Balaban J connectivity index is 1.69. The van der Waals surface area contributed by atoms with Crippen LogP contribution in [0.25, 0.3) is 0 Å². The SMILES string of the molecule is CCO[Si](OCC)(OCC)C(CC(C(CCC1([SiH3])CCCCO1)OCC1CO1)C1([SiH3])CCCCO1)CC1([SiH3])CCCCO1. The Morgan fingerprint density at radius 2 is 1.33 bits per heavy atom. The molecule has 0 N–H and O–H groups in total. The summed E-state index contributed by atoms with van der Waals surface area (Å²) in [4.78, 5) is 0. The first-order chi connectivity index (χ1) is 20.7. The van der Waals surface area contributed by atoms with E-state index in [9.17, 15) is 0 Å². The van der Waals surface area contributed by atoms with E-state index in [1.54, 1.807) is 0 Å². The lowest BCUT2D eigenvalue weighted by Gasteiger charge is -2.49. The molecule has 4 heterocycles. The van der Waals surface area contributed by atoms with Crippen LogP contribution in [0, 0.1) is 5.92 Å². The Hall–Kier alpha value is 0.548. The van der Waals surface area contributed by atoms with Crippen molar-refractivity contribution < 1.29 is 37.0 Å². The Bertz CT molecular complexity index is 784. The van der Waals surface area contributed by atoms with E-state index in [-0.39, 0.29) is 39.3 Å². The maximum absolute atomic E-state index is 6.94. The Morgan fingerprint density at radius 3 is 1.81 bits per heavy atom. The largest absolute Gasteiger partial charge is 0.504 e. The van der Waals surface area contributed by atoms with Gasteiger partial charge in [0.05, 0.1) is 24.5 Å². The molecule has 4 fully saturated rings. The van der Waals surface area contributed by atoms with Gasteiger partial charge in [0.1, 0.15) is 6.10 Å². The summed E-state index contributed by atoms with van der Waals surface area (Å²) in [6.07, 6.45) is 14.9.